The number of hydrogen-bond donors (Lipinski definition) is 1. The van der Waals surface area contributed by atoms with E-state index in [4.69, 9.17) is 0 Å². The minimum Gasteiger partial charge on any atom is -0.508 e. The van der Waals surface area contributed by atoms with Gasteiger partial charge in [-0.05, 0) is 37.1 Å². The molecule has 1 aliphatic carbocycles. The van der Waals surface area contributed by atoms with Gasteiger partial charge >= 0.3 is 0 Å². The third-order valence-corrected chi connectivity index (χ3v) is 3.63. The lowest BCUT2D eigenvalue weighted by Gasteiger charge is -2.25. The fraction of sp³-hybridized carbons (Fsp3) is 0.500. The quantitative estimate of drug-likeness (QED) is 0.879. The molecule has 0 spiro atoms. The summed E-state index contributed by atoms with van der Waals surface area (Å²) in [7, 11) is 5.50. The van der Waals surface area contributed by atoms with Crippen molar-refractivity contribution in [1.29, 1.82) is 0 Å². The lowest BCUT2D eigenvalue weighted by Crippen LogP contribution is -2.35. The summed E-state index contributed by atoms with van der Waals surface area (Å²) in [5, 5.41) is 9.81. The van der Waals surface area contributed by atoms with Gasteiger partial charge in [-0.15, -0.1) is 0 Å². The molecule has 0 saturated heterocycles. The number of likely N-dealkylation sites (N-methyl/N-ethyl adjacent to an activating group) is 2. The van der Waals surface area contributed by atoms with Gasteiger partial charge in [0.05, 0.1) is 6.54 Å². The first-order valence-corrected chi connectivity index (χ1v) is 6.22. The Morgan fingerprint density at radius 1 is 1.39 bits per heavy atom. The van der Waals surface area contributed by atoms with Crippen LogP contribution in [0.2, 0.25) is 0 Å². The summed E-state index contributed by atoms with van der Waals surface area (Å²) in [6, 6.07) is 5.87. The third-order valence-electron chi connectivity index (χ3n) is 3.63. The van der Waals surface area contributed by atoms with E-state index in [2.05, 4.69) is 4.90 Å². The predicted octanol–water partition coefficient (Wildman–Crippen LogP) is 1.40. The Morgan fingerprint density at radius 3 is 2.78 bits per heavy atom. The van der Waals surface area contributed by atoms with Gasteiger partial charge in [0.15, 0.2) is 0 Å². The van der Waals surface area contributed by atoms with Gasteiger partial charge < -0.3 is 10.0 Å². The minimum atomic E-state index is 0.103. The molecule has 18 heavy (non-hydrogen) atoms. The number of amides is 1. The average Bonchev–Trinajstić information content (AvgIpc) is 2.74. The van der Waals surface area contributed by atoms with Crippen molar-refractivity contribution in [1.82, 2.24) is 9.80 Å². The normalized spacial score (nSPS) is 17.9. The van der Waals surface area contributed by atoms with Crippen LogP contribution in [0.15, 0.2) is 18.2 Å². The van der Waals surface area contributed by atoms with Crippen LogP contribution >= 0.6 is 0 Å². The van der Waals surface area contributed by atoms with E-state index >= 15 is 0 Å². The standard InChI is InChI=1S/C14H20N2O2/c1-15(2)14(18)9-16(3)12-8-7-11-10(12)5-4-6-13(11)17/h4-6,12,17H,7-9H2,1-3H3. The molecule has 0 fully saturated rings. The van der Waals surface area contributed by atoms with E-state index in [0.717, 1.165) is 24.0 Å². The number of hydrogen-bond acceptors (Lipinski definition) is 3. The van der Waals surface area contributed by atoms with E-state index < -0.39 is 0 Å². The fourth-order valence-corrected chi connectivity index (χ4v) is 2.54. The summed E-state index contributed by atoms with van der Waals surface area (Å²) in [6.45, 7) is 0.409. The van der Waals surface area contributed by atoms with Crippen LogP contribution in [-0.4, -0.2) is 48.5 Å². The van der Waals surface area contributed by atoms with Crippen LogP contribution in [0, 0.1) is 0 Å². The molecule has 98 valence electrons. The number of carbonyl (C=O) groups is 1. The Hall–Kier alpha value is -1.55. The molecule has 1 amide bonds. The molecule has 4 heteroatoms. The average molecular weight is 248 g/mol. The fourth-order valence-electron chi connectivity index (χ4n) is 2.54. The van der Waals surface area contributed by atoms with Crippen molar-refractivity contribution in [2.45, 2.75) is 18.9 Å². The van der Waals surface area contributed by atoms with Gasteiger partial charge in [0, 0.05) is 20.1 Å². The first-order valence-electron chi connectivity index (χ1n) is 6.22. The van der Waals surface area contributed by atoms with E-state index in [1.54, 1.807) is 25.1 Å². The third kappa shape index (κ3) is 2.34. The van der Waals surface area contributed by atoms with Gasteiger partial charge in [0.25, 0.3) is 0 Å². The molecule has 0 aliphatic heterocycles. The van der Waals surface area contributed by atoms with Gasteiger partial charge in [0.1, 0.15) is 5.75 Å². The van der Waals surface area contributed by atoms with Crippen LogP contribution in [0.3, 0.4) is 0 Å². The summed E-state index contributed by atoms with van der Waals surface area (Å²) in [5.41, 5.74) is 2.19. The lowest BCUT2D eigenvalue weighted by molar-refractivity contribution is -0.130. The second kappa shape index (κ2) is 4.98. The molecule has 1 aromatic carbocycles. The van der Waals surface area contributed by atoms with Gasteiger partial charge in [-0.3, -0.25) is 9.69 Å². The van der Waals surface area contributed by atoms with Crippen LogP contribution in [0.25, 0.3) is 0 Å². The van der Waals surface area contributed by atoms with Crippen molar-refractivity contribution in [3.8, 4) is 5.75 Å². The highest BCUT2D eigenvalue weighted by Gasteiger charge is 2.28. The SMILES string of the molecule is CN(C)C(=O)CN(C)C1CCc2c(O)cccc21. The van der Waals surface area contributed by atoms with Gasteiger partial charge in [-0.2, -0.15) is 0 Å². The second-order valence-corrected chi connectivity index (χ2v) is 5.10. The maximum atomic E-state index is 11.7. The molecule has 0 heterocycles. The zero-order valence-electron chi connectivity index (χ0n) is 11.2. The number of nitrogens with zero attached hydrogens (tertiary/aromatic N) is 2. The zero-order valence-corrected chi connectivity index (χ0v) is 11.2. The number of rotatable bonds is 3. The molecule has 0 bridgehead atoms. The Kier molecular flexibility index (Phi) is 3.57. The highest BCUT2D eigenvalue weighted by molar-refractivity contribution is 5.77. The summed E-state index contributed by atoms with van der Waals surface area (Å²) >= 11 is 0. The molecule has 1 N–H and O–H groups in total. The zero-order chi connectivity index (χ0) is 13.3. The number of phenolic OH excluding ortho intramolecular Hbond substituents is 1. The smallest absolute Gasteiger partial charge is 0.236 e. The molecule has 0 saturated carbocycles. The van der Waals surface area contributed by atoms with Crippen molar-refractivity contribution in [3.63, 3.8) is 0 Å². The summed E-state index contributed by atoms with van der Waals surface area (Å²) in [5.74, 6) is 0.480. The number of phenols is 1. The Labute approximate surface area is 108 Å². The largest absolute Gasteiger partial charge is 0.508 e. The lowest BCUT2D eigenvalue weighted by atomic mass is 10.1. The van der Waals surface area contributed by atoms with Crippen LogP contribution < -0.4 is 0 Å². The topological polar surface area (TPSA) is 43.8 Å². The maximum absolute atomic E-state index is 11.7. The van der Waals surface area contributed by atoms with Crippen LogP contribution in [0.5, 0.6) is 5.75 Å². The predicted molar refractivity (Wildman–Crippen MR) is 70.5 cm³/mol. The monoisotopic (exact) mass is 248 g/mol. The van der Waals surface area contributed by atoms with Crippen molar-refractivity contribution >= 4 is 5.91 Å². The van der Waals surface area contributed by atoms with Crippen molar-refractivity contribution in [3.05, 3.63) is 29.3 Å². The van der Waals surface area contributed by atoms with Crippen molar-refractivity contribution in [2.75, 3.05) is 27.7 Å². The first-order chi connectivity index (χ1) is 8.50. The molecule has 1 atom stereocenters. The van der Waals surface area contributed by atoms with Gasteiger partial charge in [-0.1, -0.05) is 12.1 Å². The highest BCUT2D eigenvalue weighted by atomic mass is 16.3. The van der Waals surface area contributed by atoms with Crippen molar-refractivity contribution < 1.29 is 9.90 Å². The Bertz CT molecular complexity index is 457. The van der Waals surface area contributed by atoms with E-state index in [-0.39, 0.29) is 11.9 Å². The number of benzene rings is 1. The molecule has 4 nitrogen and oxygen atoms in total. The van der Waals surface area contributed by atoms with E-state index in [9.17, 15) is 9.90 Å². The van der Waals surface area contributed by atoms with Crippen molar-refractivity contribution in [2.24, 2.45) is 0 Å². The van der Waals surface area contributed by atoms with Gasteiger partial charge in [-0.25, -0.2) is 0 Å². The van der Waals surface area contributed by atoms with E-state index in [1.165, 1.54) is 0 Å². The maximum Gasteiger partial charge on any atom is 0.236 e. The molecule has 1 aromatic rings. The Balaban J connectivity index is 2.14. The molecule has 2 rings (SSSR count). The molecular formula is C14H20N2O2. The molecule has 0 aromatic heterocycles. The highest BCUT2D eigenvalue weighted by Crippen LogP contribution is 2.39. The molecule has 0 radical (unpaired) electrons. The van der Waals surface area contributed by atoms with E-state index in [0.29, 0.717) is 12.3 Å². The molecule has 1 unspecified atom stereocenters. The minimum absolute atomic E-state index is 0.103. The van der Waals surface area contributed by atoms with E-state index in [1.807, 2.05) is 19.2 Å². The summed E-state index contributed by atoms with van der Waals surface area (Å²) in [4.78, 5) is 15.4. The number of fused-ring (bicyclic) bond motifs is 1. The number of aromatic hydroxyl groups is 1. The summed E-state index contributed by atoms with van der Waals surface area (Å²) in [6.07, 6.45) is 1.84. The van der Waals surface area contributed by atoms with Crippen LogP contribution in [0.1, 0.15) is 23.6 Å². The molecular weight excluding hydrogens is 228 g/mol. The van der Waals surface area contributed by atoms with Gasteiger partial charge in [0.2, 0.25) is 5.91 Å². The second-order valence-electron chi connectivity index (χ2n) is 5.10. The summed E-state index contributed by atoms with van der Waals surface area (Å²) < 4.78 is 0. The van der Waals surface area contributed by atoms with Crippen LogP contribution in [-0.2, 0) is 11.2 Å². The first kappa shape index (κ1) is 12.9. The number of carbonyl (C=O) groups excluding carboxylic acids is 1. The molecule has 1 aliphatic rings. The Morgan fingerprint density at radius 2 is 2.11 bits per heavy atom. The van der Waals surface area contributed by atoms with Crippen LogP contribution in [0.4, 0.5) is 0 Å².